The number of quaternary nitrogens is 1. The Kier molecular flexibility index (Phi) is 16.6. The molecule has 1 unspecified atom stereocenters. The monoisotopic (exact) mass is 538 g/mol. The molecule has 39 heavy (non-hydrogen) atoms. The summed E-state index contributed by atoms with van der Waals surface area (Å²) in [5, 5.41) is 0. The van der Waals surface area contributed by atoms with Gasteiger partial charge in [-0.05, 0) is 37.5 Å². The molecule has 0 aliphatic heterocycles. The molecule has 2 rings (SSSR count). The van der Waals surface area contributed by atoms with E-state index in [1.54, 1.807) is 0 Å². The van der Waals surface area contributed by atoms with Crippen LogP contribution in [0.25, 0.3) is 0 Å². The third-order valence-corrected chi connectivity index (χ3v) is 7.41. The number of nitrogens with zero attached hydrogens (tertiary/aromatic N) is 1. The number of rotatable bonds is 22. The van der Waals surface area contributed by atoms with Crippen LogP contribution in [0.2, 0.25) is 0 Å². The maximum Gasteiger partial charge on any atom is 0.311 e. The number of ether oxygens (including phenoxy) is 2. The van der Waals surface area contributed by atoms with E-state index in [1.165, 1.54) is 88.2 Å². The minimum Gasteiger partial charge on any atom is -0.487 e. The van der Waals surface area contributed by atoms with Gasteiger partial charge < -0.3 is 14.0 Å². The van der Waals surface area contributed by atoms with Gasteiger partial charge in [0.15, 0.2) is 0 Å². The highest BCUT2D eigenvalue weighted by atomic mass is 16.6. The second kappa shape index (κ2) is 19.7. The SMILES string of the molecule is CCCCCCCCCCCCCCc1cccc(OC(C)COC(=O)CC[N+](C)(C)Cc2ccccc2)c1. The van der Waals surface area contributed by atoms with E-state index in [1.807, 2.05) is 19.1 Å². The van der Waals surface area contributed by atoms with Crippen molar-refractivity contribution in [1.29, 1.82) is 0 Å². The first-order chi connectivity index (χ1) is 18.9. The Hall–Kier alpha value is -2.33. The highest BCUT2D eigenvalue weighted by Gasteiger charge is 2.19. The smallest absolute Gasteiger partial charge is 0.311 e. The predicted octanol–water partition coefficient (Wildman–Crippen LogP) is 8.91. The van der Waals surface area contributed by atoms with Crippen LogP contribution in [0, 0.1) is 0 Å². The van der Waals surface area contributed by atoms with Crippen LogP contribution in [0.5, 0.6) is 5.75 Å². The van der Waals surface area contributed by atoms with Crippen LogP contribution in [0.1, 0.15) is 108 Å². The molecular formula is C35H56NO3+. The molecule has 0 bridgehead atoms. The van der Waals surface area contributed by atoms with E-state index in [-0.39, 0.29) is 18.7 Å². The van der Waals surface area contributed by atoms with E-state index >= 15 is 0 Å². The van der Waals surface area contributed by atoms with E-state index < -0.39 is 0 Å². The van der Waals surface area contributed by atoms with Gasteiger partial charge in [-0.2, -0.15) is 0 Å². The normalized spacial score (nSPS) is 12.3. The van der Waals surface area contributed by atoms with Crippen LogP contribution >= 0.6 is 0 Å². The van der Waals surface area contributed by atoms with Crippen LogP contribution < -0.4 is 4.74 Å². The van der Waals surface area contributed by atoms with E-state index in [2.05, 4.69) is 63.5 Å². The molecule has 0 radical (unpaired) electrons. The summed E-state index contributed by atoms with van der Waals surface area (Å²) in [6.07, 6.45) is 17.8. The number of hydrogen-bond acceptors (Lipinski definition) is 3. The molecule has 2 aromatic rings. The summed E-state index contributed by atoms with van der Waals surface area (Å²) in [7, 11) is 4.30. The van der Waals surface area contributed by atoms with E-state index in [9.17, 15) is 4.79 Å². The van der Waals surface area contributed by atoms with Crippen molar-refractivity contribution in [2.75, 3.05) is 27.2 Å². The number of carbonyl (C=O) groups is 1. The van der Waals surface area contributed by atoms with Gasteiger partial charge in [0.05, 0.1) is 27.1 Å². The molecule has 0 aliphatic carbocycles. The zero-order valence-corrected chi connectivity index (χ0v) is 25.5. The van der Waals surface area contributed by atoms with Gasteiger partial charge in [0.2, 0.25) is 0 Å². The van der Waals surface area contributed by atoms with Crippen LogP contribution in [-0.4, -0.2) is 43.8 Å². The summed E-state index contributed by atoms with van der Waals surface area (Å²) in [6, 6.07) is 18.8. The first-order valence-corrected chi connectivity index (χ1v) is 15.6. The van der Waals surface area contributed by atoms with Crippen LogP contribution in [0.4, 0.5) is 0 Å². The number of carbonyl (C=O) groups excluding carboxylic acids is 1. The topological polar surface area (TPSA) is 35.5 Å². The van der Waals surface area contributed by atoms with E-state index in [0.717, 1.165) is 29.7 Å². The Labute approximate surface area is 239 Å². The molecule has 2 aromatic carbocycles. The first kappa shape index (κ1) is 32.9. The van der Waals surface area contributed by atoms with Gasteiger partial charge >= 0.3 is 5.97 Å². The van der Waals surface area contributed by atoms with E-state index in [4.69, 9.17) is 9.47 Å². The molecule has 0 aromatic heterocycles. The summed E-state index contributed by atoms with van der Waals surface area (Å²) >= 11 is 0. The summed E-state index contributed by atoms with van der Waals surface area (Å²) in [6.45, 7) is 6.14. The zero-order chi connectivity index (χ0) is 28.2. The van der Waals surface area contributed by atoms with Crippen LogP contribution in [0.3, 0.4) is 0 Å². The number of aryl methyl sites for hydroxylation is 1. The second-order valence-corrected chi connectivity index (χ2v) is 12.0. The van der Waals surface area contributed by atoms with Gasteiger partial charge in [-0.1, -0.05) is 120 Å². The average Bonchev–Trinajstić information content (AvgIpc) is 2.92. The van der Waals surface area contributed by atoms with Crippen molar-refractivity contribution in [2.45, 2.75) is 116 Å². The van der Waals surface area contributed by atoms with E-state index in [0.29, 0.717) is 6.42 Å². The largest absolute Gasteiger partial charge is 0.487 e. The van der Waals surface area contributed by atoms with Crippen molar-refractivity contribution in [1.82, 2.24) is 0 Å². The van der Waals surface area contributed by atoms with Gasteiger partial charge in [-0.25, -0.2) is 0 Å². The molecule has 0 N–H and O–H groups in total. The number of unbranched alkanes of at least 4 members (excludes halogenated alkanes) is 11. The Morgan fingerprint density at radius 1 is 0.769 bits per heavy atom. The van der Waals surface area contributed by atoms with Crippen LogP contribution in [-0.2, 0) is 22.5 Å². The van der Waals surface area contributed by atoms with Crippen molar-refractivity contribution in [3.8, 4) is 5.75 Å². The van der Waals surface area contributed by atoms with Crippen LogP contribution in [0.15, 0.2) is 54.6 Å². The molecule has 0 spiro atoms. The lowest BCUT2D eigenvalue weighted by Gasteiger charge is -2.29. The highest BCUT2D eigenvalue weighted by molar-refractivity contribution is 5.69. The van der Waals surface area contributed by atoms with Gasteiger partial charge in [-0.3, -0.25) is 4.79 Å². The summed E-state index contributed by atoms with van der Waals surface area (Å²) in [5.41, 5.74) is 2.60. The molecule has 0 fully saturated rings. The lowest BCUT2D eigenvalue weighted by molar-refractivity contribution is -0.903. The Morgan fingerprint density at radius 3 is 2.00 bits per heavy atom. The Balaban J connectivity index is 1.55. The summed E-state index contributed by atoms with van der Waals surface area (Å²) in [4.78, 5) is 12.4. The summed E-state index contributed by atoms with van der Waals surface area (Å²) in [5.74, 6) is 0.695. The molecule has 218 valence electrons. The molecule has 0 aliphatic rings. The van der Waals surface area contributed by atoms with Gasteiger partial charge in [0.1, 0.15) is 25.0 Å². The number of hydrogen-bond donors (Lipinski definition) is 0. The molecular weight excluding hydrogens is 482 g/mol. The lowest BCUT2D eigenvalue weighted by atomic mass is 10.0. The summed E-state index contributed by atoms with van der Waals surface area (Å²) < 4.78 is 12.3. The van der Waals surface area contributed by atoms with Crippen molar-refractivity contribution >= 4 is 5.97 Å². The quantitative estimate of drug-likeness (QED) is 0.0853. The van der Waals surface area contributed by atoms with Gasteiger partial charge in [0, 0.05) is 5.56 Å². The fourth-order valence-electron chi connectivity index (χ4n) is 5.04. The molecule has 4 heteroatoms. The minimum absolute atomic E-state index is 0.162. The fourth-order valence-corrected chi connectivity index (χ4v) is 5.04. The maximum absolute atomic E-state index is 12.4. The molecule has 4 nitrogen and oxygen atoms in total. The lowest BCUT2D eigenvalue weighted by Crippen LogP contribution is -2.40. The third-order valence-electron chi connectivity index (χ3n) is 7.41. The van der Waals surface area contributed by atoms with Crippen molar-refractivity contribution in [2.24, 2.45) is 0 Å². The molecule has 0 saturated carbocycles. The average molecular weight is 539 g/mol. The minimum atomic E-state index is -0.178. The maximum atomic E-state index is 12.4. The molecule has 0 saturated heterocycles. The number of benzene rings is 2. The first-order valence-electron chi connectivity index (χ1n) is 15.6. The Morgan fingerprint density at radius 2 is 1.36 bits per heavy atom. The standard InChI is InChI=1S/C35H56NO3/c1-5-6-7-8-9-10-11-12-13-14-15-17-21-32-24-20-25-34(28-32)39-31(2)30-38-35(37)26-27-36(3,4)29-33-22-18-16-19-23-33/h16,18-20,22-25,28,31H,5-15,17,21,26-27,29-30H2,1-4H3/q+1. The third kappa shape index (κ3) is 16.4. The van der Waals surface area contributed by atoms with Crippen molar-refractivity contribution in [3.63, 3.8) is 0 Å². The zero-order valence-electron chi connectivity index (χ0n) is 25.5. The predicted molar refractivity (Wildman–Crippen MR) is 164 cm³/mol. The fraction of sp³-hybridized carbons (Fsp3) is 0.629. The van der Waals surface area contributed by atoms with Gasteiger partial charge in [0.25, 0.3) is 0 Å². The highest BCUT2D eigenvalue weighted by Crippen LogP contribution is 2.18. The number of esters is 1. The molecule has 0 heterocycles. The van der Waals surface area contributed by atoms with Gasteiger partial charge in [-0.15, -0.1) is 0 Å². The van der Waals surface area contributed by atoms with Crippen molar-refractivity contribution < 1.29 is 18.8 Å². The second-order valence-electron chi connectivity index (χ2n) is 12.0. The molecule has 0 amide bonds. The Bertz CT molecular complexity index is 896. The van der Waals surface area contributed by atoms with Crippen molar-refractivity contribution in [3.05, 3.63) is 65.7 Å². The molecule has 1 atom stereocenters.